The highest BCUT2D eigenvalue weighted by Crippen LogP contribution is 2.42. The molecule has 5 aromatic heterocycles. The Hall–Kier alpha value is -5.87. The second-order valence-corrected chi connectivity index (χ2v) is 12.1. The summed E-state index contributed by atoms with van der Waals surface area (Å²) >= 11 is 12.9. The molecule has 6 nitrogen and oxygen atoms in total. The molecule has 8 bridgehead atoms. The molecule has 6 heterocycles. The van der Waals surface area contributed by atoms with E-state index in [4.69, 9.17) is 23.2 Å². The van der Waals surface area contributed by atoms with Gasteiger partial charge in [-0.1, -0.05) is 23.2 Å². The van der Waals surface area contributed by atoms with Gasteiger partial charge in [0.15, 0.2) is 46.5 Å². The summed E-state index contributed by atoms with van der Waals surface area (Å²) < 4.78 is 149. The monoisotopic (exact) mass is 776 g/mol. The van der Waals surface area contributed by atoms with E-state index in [0.717, 1.165) is 18.5 Å². The number of aromatic nitrogens is 6. The lowest BCUT2D eigenvalue weighted by Crippen LogP contribution is -2.05. The predicted molar refractivity (Wildman–Crippen MR) is 177 cm³/mol. The van der Waals surface area contributed by atoms with Crippen LogP contribution in [0, 0.1) is 58.2 Å². The van der Waals surface area contributed by atoms with Crippen molar-refractivity contribution < 1.29 is 43.9 Å². The Balaban J connectivity index is 1.64. The molecule has 266 valence electrons. The van der Waals surface area contributed by atoms with Crippen molar-refractivity contribution in [3.05, 3.63) is 123 Å². The van der Waals surface area contributed by atoms with Gasteiger partial charge in [0.2, 0.25) is 11.6 Å². The fraction of sp³-hybridized carbons (Fsp3) is 0. The van der Waals surface area contributed by atoms with E-state index in [9.17, 15) is 26.3 Å². The van der Waals surface area contributed by atoms with Crippen molar-refractivity contribution in [3.63, 3.8) is 0 Å². The summed E-state index contributed by atoms with van der Waals surface area (Å²) in [5, 5.41) is -0.307. The summed E-state index contributed by atoms with van der Waals surface area (Å²) in [4.78, 5) is 20.9. The lowest BCUT2D eigenvalue weighted by Gasteiger charge is -2.10. The molecular formula is C35H12Cl2F10N6. The first-order valence-corrected chi connectivity index (χ1v) is 15.6. The smallest absolute Gasteiger partial charge is 0.200 e. The summed E-state index contributed by atoms with van der Waals surface area (Å²) in [5.74, 6) is -23.1. The second kappa shape index (κ2) is 12.4. The zero-order valence-electron chi connectivity index (χ0n) is 25.6. The molecule has 18 heteroatoms. The zero-order chi connectivity index (χ0) is 37.6. The Labute approximate surface area is 297 Å². The minimum atomic E-state index is -2.45. The average molecular weight is 777 g/mol. The van der Waals surface area contributed by atoms with Gasteiger partial charge in [-0.2, -0.15) is 0 Å². The van der Waals surface area contributed by atoms with E-state index in [2.05, 4.69) is 29.9 Å². The van der Waals surface area contributed by atoms with Crippen LogP contribution in [-0.4, -0.2) is 29.9 Å². The number of aromatic amines is 3. The highest BCUT2D eigenvalue weighted by atomic mass is 35.5. The molecule has 0 unspecified atom stereocenters. The van der Waals surface area contributed by atoms with E-state index in [1.165, 1.54) is 36.4 Å². The maximum Gasteiger partial charge on any atom is 0.200 e. The molecule has 8 rings (SSSR count). The standard InChI is InChI=1S/C35H12Cl2F10N6/c36-34-23(35(37)49-9-48-34)20-16-4-2-11(51-16)10-1-3-12(50-10)18(21-24(38)28(42)32(46)29(43)25(21)39)13-5-6-14(52-13)19(15-7-8-17(20)53-15)22-26(40)30(44)33(47)31(45)27(22)41/h1-9,51-53H. The number of fused-ring (bicyclic) bond motifs is 9. The molecule has 2 aromatic carbocycles. The Morgan fingerprint density at radius 1 is 0.358 bits per heavy atom. The van der Waals surface area contributed by atoms with Crippen molar-refractivity contribution >= 4 is 68.5 Å². The van der Waals surface area contributed by atoms with E-state index >= 15 is 17.6 Å². The fourth-order valence-corrected chi connectivity index (χ4v) is 6.65. The number of H-pyrrole nitrogens is 3. The van der Waals surface area contributed by atoms with Gasteiger partial charge in [-0.15, -0.1) is 0 Å². The van der Waals surface area contributed by atoms with Crippen molar-refractivity contribution in [1.29, 1.82) is 0 Å². The third-order valence-electron chi connectivity index (χ3n) is 8.50. The maximum atomic E-state index is 15.6. The number of hydrogen-bond acceptors (Lipinski definition) is 3. The van der Waals surface area contributed by atoms with Crippen molar-refractivity contribution in [3.8, 4) is 33.4 Å². The molecule has 53 heavy (non-hydrogen) atoms. The first kappa shape index (κ1) is 34.2. The van der Waals surface area contributed by atoms with Gasteiger partial charge in [0.1, 0.15) is 16.6 Å². The van der Waals surface area contributed by atoms with E-state index in [1.54, 1.807) is 0 Å². The van der Waals surface area contributed by atoms with Gasteiger partial charge in [-0.3, -0.25) is 0 Å². The van der Waals surface area contributed by atoms with E-state index in [1.807, 2.05) is 0 Å². The minimum Gasteiger partial charge on any atom is -0.354 e. The van der Waals surface area contributed by atoms with Crippen LogP contribution in [0.2, 0.25) is 10.3 Å². The number of nitrogens with one attached hydrogen (secondary N) is 3. The zero-order valence-corrected chi connectivity index (χ0v) is 27.1. The van der Waals surface area contributed by atoms with Crippen molar-refractivity contribution in [1.82, 2.24) is 29.9 Å². The summed E-state index contributed by atoms with van der Waals surface area (Å²) in [6, 6.07) is 7.67. The third-order valence-corrected chi connectivity index (χ3v) is 9.07. The van der Waals surface area contributed by atoms with Crippen molar-refractivity contribution in [2.75, 3.05) is 0 Å². The number of rotatable bonds is 3. The van der Waals surface area contributed by atoms with E-state index < -0.39 is 91.5 Å². The highest BCUT2D eigenvalue weighted by Gasteiger charge is 2.31. The molecule has 0 saturated heterocycles. The Kier molecular flexibility index (Phi) is 7.99. The quantitative estimate of drug-likeness (QED) is 0.0723. The first-order valence-electron chi connectivity index (χ1n) is 14.8. The predicted octanol–water partition coefficient (Wildman–Crippen LogP) is 11.2. The molecule has 0 fully saturated rings. The van der Waals surface area contributed by atoms with Crippen LogP contribution in [0.15, 0.2) is 42.7 Å². The lowest BCUT2D eigenvalue weighted by atomic mass is 10.0. The molecule has 1 aliphatic heterocycles. The van der Waals surface area contributed by atoms with Gasteiger partial charge in [0, 0.05) is 44.3 Å². The van der Waals surface area contributed by atoms with Crippen LogP contribution in [-0.2, 0) is 0 Å². The van der Waals surface area contributed by atoms with Gasteiger partial charge in [-0.25, -0.2) is 58.9 Å². The van der Waals surface area contributed by atoms with Crippen molar-refractivity contribution in [2.45, 2.75) is 0 Å². The minimum absolute atomic E-state index is 0.0416. The van der Waals surface area contributed by atoms with Gasteiger partial charge in [0.25, 0.3) is 0 Å². The second-order valence-electron chi connectivity index (χ2n) is 11.4. The molecule has 0 amide bonds. The molecular weight excluding hydrogens is 765 g/mol. The Bertz CT molecular complexity index is 2820. The summed E-state index contributed by atoms with van der Waals surface area (Å²) in [7, 11) is 0. The summed E-state index contributed by atoms with van der Waals surface area (Å²) in [6.45, 7) is 0. The van der Waals surface area contributed by atoms with Crippen LogP contribution >= 0.6 is 23.2 Å². The highest BCUT2D eigenvalue weighted by molar-refractivity contribution is 6.38. The number of benzene rings is 2. The normalized spacial score (nSPS) is 12.1. The molecule has 0 saturated carbocycles. The molecule has 0 spiro atoms. The summed E-state index contributed by atoms with van der Waals surface area (Å²) in [6.07, 6.45) is 3.63. The molecule has 0 atom stereocenters. The third kappa shape index (κ3) is 5.15. The average Bonchev–Trinajstić information content (AvgIpc) is 3.98. The van der Waals surface area contributed by atoms with Gasteiger partial charge in [0.05, 0.1) is 33.6 Å². The Morgan fingerprint density at radius 3 is 1.13 bits per heavy atom. The molecule has 7 aromatic rings. The van der Waals surface area contributed by atoms with Crippen LogP contribution in [0.4, 0.5) is 43.9 Å². The van der Waals surface area contributed by atoms with Crippen molar-refractivity contribution in [2.24, 2.45) is 0 Å². The largest absolute Gasteiger partial charge is 0.354 e. The van der Waals surface area contributed by atoms with Gasteiger partial charge >= 0.3 is 0 Å². The first-order chi connectivity index (χ1) is 25.3. The van der Waals surface area contributed by atoms with Gasteiger partial charge in [-0.05, 0) is 48.6 Å². The van der Waals surface area contributed by atoms with E-state index in [-0.39, 0.29) is 54.9 Å². The lowest BCUT2D eigenvalue weighted by molar-refractivity contribution is 0.381. The molecule has 1 aliphatic rings. The topological polar surface area (TPSA) is 86.0 Å². The Morgan fingerprint density at radius 2 is 0.679 bits per heavy atom. The number of nitrogens with zero attached hydrogens (tertiary/aromatic N) is 3. The number of hydrogen-bond donors (Lipinski definition) is 3. The van der Waals surface area contributed by atoms with Crippen LogP contribution in [0.1, 0.15) is 11.4 Å². The number of halogens is 12. The molecule has 3 N–H and O–H groups in total. The van der Waals surface area contributed by atoms with Crippen LogP contribution in [0.25, 0.3) is 78.6 Å². The van der Waals surface area contributed by atoms with Crippen LogP contribution < -0.4 is 0 Å². The van der Waals surface area contributed by atoms with Crippen LogP contribution in [0.3, 0.4) is 0 Å². The van der Waals surface area contributed by atoms with Crippen LogP contribution in [0.5, 0.6) is 0 Å². The molecule has 0 aliphatic carbocycles. The van der Waals surface area contributed by atoms with E-state index in [0.29, 0.717) is 0 Å². The fourth-order valence-electron chi connectivity index (χ4n) is 6.14. The maximum absolute atomic E-state index is 15.6. The van der Waals surface area contributed by atoms with Gasteiger partial charge < -0.3 is 15.0 Å². The SMILES string of the molecule is Fc1c(F)c(F)c(-c2c3nc(c4ccc([nH]4)c(-c4c(Cl)ncnc4Cl)c4ccc([nH]4)c(-c4c(F)c(F)c(F)c(F)c4F)c4ccc2[nH]4)C=C3)c(F)c1F. The summed E-state index contributed by atoms with van der Waals surface area (Å²) in [5.41, 5.74) is -4.95. The molecule has 0 radical (unpaired) electrons.